The number of ether oxygens (including phenoxy) is 1. The molecule has 28 heavy (non-hydrogen) atoms. The second-order valence-electron chi connectivity index (χ2n) is 5.97. The lowest BCUT2D eigenvalue weighted by Crippen LogP contribution is -2.31. The van der Waals surface area contributed by atoms with E-state index in [1.807, 2.05) is 0 Å². The van der Waals surface area contributed by atoms with Gasteiger partial charge in [-0.05, 0) is 49.4 Å². The molecule has 0 unspecified atom stereocenters. The standard InChI is InChI=1S/C19H22BrFN2O4S/c1-3-23(13-15-12-16(20)6-9-18(15)21)19(24)14-4-7-17(8-5-14)28(25,26)22-10-11-27-2/h4-9,12,22H,3,10-11,13H2,1-2H3. The summed E-state index contributed by atoms with van der Waals surface area (Å²) >= 11 is 3.30. The Morgan fingerprint density at radius 2 is 1.89 bits per heavy atom. The normalized spacial score (nSPS) is 11.4. The van der Waals surface area contributed by atoms with Crippen LogP contribution in [0.4, 0.5) is 4.39 Å². The molecule has 2 aromatic rings. The Labute approximate surface area is 172 Å². The highest BCUT2D eigenvalue weighted by Gasteiger charge is 2.18. The first-order valence-electron chi connectivity index (χ1n) is 8.60. The van der Waals surface area contributed by atoms with E-state index in [2.05, 4.69) is 20.7 Å². The van der Waals surface area contributed by atoms with Crippen LogP contribution in [0.15, 0.2) is 51.8 Å². The number of methoxy groups -OCH3 is 1. The quantitative estimate of drug-likeness (QED) is 0.568. The highest BCUT2D eigenvalue weighted by molar-refractivity contribution is 9.10. The van der Waals surface area contributed by atoms with Crippen LogP contribution in [0.2, 0.25) is 0 Å². The summed E-state index contributed by atoms with van der Waals surface area (Å²) in [6.07, 6.45) is 0. The minimum atomic E-state index is -3.67. The van der Waals surface area contributed by atoms with Crippen molar-refractivity contribution in [1.82, 2.24) is 9.62 Å². The Hall–Kier alpha value is -1.81. The maximum absolute atomic E-state index is 14.0. The number of halogens is 2. The minimum Gasteiger partial charge on any atom is -0.383 e. The van der Waals surface area contributed by atoms with Crippen molar-refractivity contribution in [3.05, 3.63) is 63.9 Å². The molecule has 0 radical (unpaired) electrons. The Bertz CT molecular complexity index is 920. The second-order valence-corrected chi connectivity index (χ2v) is 8.65. The van der Waals surface area contributed by atoms with Crippen LogP contribution in [0.25, 0.3) is 0 Å². The van der Waals surface area contributed by atoms with Crippen molar-refractivity contribution in [1.29, 1.82) is 0 Å². The van der Waals surface area contributed by atoms with Gasteiger partial charge in [0.25, 0.3) is 5.91 Å². The van der Waals surface area contributed by atoms with Gasteiger partial charge in [0, 0.05) is 42.3 Å². The number of nitrogens with one attached hydrogen (secondary N) is 1. The van der Waals surface area contributed by atoms with Gasteiger partial charge in [-0.2, -0.15) is 0 Å². The van der Waals surface area contributed by atoms with Gasteiger partial charge in [-0.1, -0.05) is 15.9 Å². The molecule has 0 spiro atoms. The summed E-state index contributed by atoms with van der Waals surface area (Å²) < 4.78 is 46.3. The number of nitrogens with zero attached hydrogens (tertiary/aromatic N) is 1. The number of carbonyl (C=O) groups is 1. The third-order valence-electron chi connectivity index (χ3n) is 4.05. The fourth-order valence-corrected chi connectivity index (χ4v) is 3.94. The van der Waals surface area contributed by atoms with E-state index in [0.29, 0.717) is 17.7 Å². The number of hydrogen-bond donors (Lipinski definition) is 1. The third kappa shape index (κ3) is 5.84. The van der Waals surface area contributed by atoms with E-state index in [4.69, 9.17) is 4.74 Å². The zero-order valence-corrected chi connectivity index (χ0v) is 18.0. The largest absolute Gasteiger partial charge is 0.383 e. The molecule has 6 nitrogen and oxygen atoms in total. The Kier molecular flexibility index (Phi) is 8.11. The van der Waals surface area contributed by atoms with Gasteiger partial charge >= 0.3 is 0 Å². The van der Waals surface area contributed by atoms with E-state index >= 15 is 0 Å². The van der Waals surface area contributed by atoms with Crippen molar-refractivity contribution >= 4 is 31.9 Å². The van der Waals surface area contributed by atoms with Gasteiger partial charge in [0.2, 0.25) is 10.0 Å². The third-order valence-corrected chi connectivity index (χ3v) is 6.02. The summed E-state index contributed by atoms with van der Waals surface area (Å²) in [6, 6.07) is 10.2. The highest BCUT2D eigenvalue weighted by Crippen LogP contribution is 2.19. The molecule has 1 amide bonds. The topological polar surface area (TPSA) is 75.7 Å². The van der Waals surface area contributed by atoms with E-state index in [0.717, 1.165) is 4.47 Å². The van der Waals surface area contributed by atoms with Crippen LogP contribution in [0.1, 0.15) is 22.8 Å². The molecule has 0 saturated heterocycles. The maximum Gasteiger partial charge on any atom is 0.254 e. The molecule has 0 bridgehead atoms. The van der Waals surface area contributed by atoms with Gasteiger partial charge in [-0.3, -0.25) is 4.79 Å². The van der Waals surface area contributed by atoms with E-state index in [1.54, 1.807) is 19.1 Å². The van der Waals surface area contributed by atoms with Crippen LogP contribution in [-0.2, 0) is 21.3 Å². The molecule has 0 aliphatic carbocycles. The average molecular weight is 473 g/mol. The van der Waals surface area contributed by atoms with E-state index in [-0.39, 0.29) is 30.5 Å². The number of rotatable bonds is 9. The average Bonchev–Trinajstić information content (AvgIpc) is 2.68. The number of hydrogen-bond acceptors (Lipinski definition) is 4. The lowest BCUT2D eigenvalue weighted by atomic mass is 10.1. The molecule has 9 heteroatoms. The monoisotopic (exact) mass is 472 g/mol. The fourth-order valence-electron chi connectivity index (χ4n) is 2.52. The van der Waals surface area contributed by atoms with Crippen molar-refractivity contribution in [2.45, 2.75) is 18.4 Å². The van der Waals surface area contributed by atoms with Gasteiger partial charge in [-0.25, -0.2) is 17.5 Å². The molecule has 152 valence electrons. The van der Waals surface area contributed by atoms with E-state index in [9.17, 15) is 17.6 Å². The summed E-state index contributed by atoms with van der Waals surface area (Å²) in [5.74, 6) is -0.698. The van der Waals surface area contributed by atoms with Crippen LogP contribution in [-0.4, -0.2) is 46.0 Å². The molecule has 0 aliphatic heterocycles. The molecule has 0 aromatic heterocycles. The maximum atomic E-state index is 14.0. The van der Waals surface area contributed by atoms with E-state index in [1.165, 1.54) is 42.3 Å². The van der Waals surface area contributed by atoms with Gasteiger partial charge in [0.15, 0.2) is 0 Å². The first kappa shape index (κ1) is 22.5. The first-order valence-corrected chi connectivity index (χ1v) is 10.9. The SMILES string of the molecule is CCN(Cc1cc(Br)ccc1F)C(=O)c1ccc(S(=O)(=O)NCCOC)cc1. The zero-order chi connectivity index (χ0) is 20.7. The van der Waals surface area contributed by atoms with Crippen molar-refractivity contribution in [2.24, 2.45) is 0 Å². The summed E-state index contributed by atoms with van der Waals surface area (Å²) in [5, 5.41) is 0. The van der Waals surface area contributed by atoms with Crippen LogP contribution >= 0.6 is 15.9 Å². The van der Waals surface area contributed by atoms with E-state index < -0.39 is 15.8 Å². The number of amides is 1. The molecule has 2 aromatic carbocycles. The summed E-state index contributed by atoms with van der Waals surface area (Å²) in [7, 11) is -2.19. The molecular formula is C19H22BrFN2O4S. The smallest absolute Gasteiger partial charge is 0.254 e. The second kappa shape index (κ2) is 10.1. The molecule has 1 N–H and O–H groups in total. The van der Waals surface area contributed by atoms with Gasteiger partial charge in [0.1, 0.15) is 5.82 Å². The Morgan fingerprint density at radius 1 is 1.21 bits per heavy atom. The van der Waals surface area contributed by atoms with Crippen molar-refractivity contribution in [3.8, 4) is 0 Å². The van der Waals surface area contributed by atoms with Gasteiger partial charge < -0.3 is 9.64 Å². The predicted molar refractivity (Wildman–Crippen MR) is 108 cm³/mol. The van der Waals surface area contributed by atoms with Crippen LogP contribution in [0.5, 0.6) is 0 Å². The predicted octanol–water partition coefficient (Wildman–Crippen LogP) is 3.18. The number of benzene rings is 2. The Balaban J connectivity index is 2.15. The molecular weight excluding hydrogens is 451 g/mol. The van der Waals surface area contributed by atoms with Crippen molar-refractivity contribution < 1.29 is 22.3 Å². The van der Waals surface area contributed by atoms with Crippen molar-refractivity contribution in [3.63, 3.8) is 0 Å². The molecule has 0 aliphatic rings. The lowest BCUT2D eigenvalue weighted by Gasteiger charge is -2.21. The summed E-state index contributed by atoms with van der Waals surface area (Å²) in [6.45, 7) is 2.70. The molecule has 0 saturated carbocycles. The fraction of sp³-hybridized carbons (Fsp3) is 0.316. The van der Waals surface area contributed by atoms with Crippen LogP contribution < -0.4 is 4.72 Å². The number of carbonyl (C=O) groups excluding carboxylic acids is 1. The Morgan fingerprint density at radius 3 is 2.50 bits per heavy atom. The van der Waals surface area contributed by atoms with Crippen LogP contribution in [0.3, 0.4) is 0 Å². The molecule has 0 fully saturated rings. The zero-order valence-electron chi connectivity index (χ0n) is 15.6. The lowest BCUT2D eigenvalue weighted by molar-refractivity contribution is 0.0751. The first-order chi connectivity index (χ1) is 13.3. The highest BCUT2D eigenvalue weighted by atomic mass is 79.9. The molecule has 0 atom stereocenters. The summed E-state index contributed by atoms with van der Waals surface area (Å²) in [5.41, 5.74) is 0.721. The van der Waals surface area contributed by atoms with Crippen LogP contribution in [0, 0.1) is 5.82 Å². The van der Waals surface area contributed by atoms with Gasteiger partial charge in [0.05, 0.1) is 11.5 Å². The molecule has 0 heterocycles. The molecule has 2 rings (SSSR count). The number of sulfonamides is 1. The minimum absolute atomic E-state index is 0.0567. The summed E-state index contributed by atoms with van der Waals surface area (Å²) in [4.78, 5) is 14.3. The van der Waals surface area contributed by atoms with Crippen molar-refractivity contribution in [2.75, 3.05) is 26.8 Å². The van der Waals surface area contributed by atoms with Gasteiger partial charge in [-0.15, -0.1) is 0 Å².